The number of nitrogens with one attached hydrogen (secondary N) is 1. The van der Waals surface area contributed by atoms with Gasteiger partial charge in [-0.3, -0.25) is 4.72 Å². The lowest BCUT2D eigenvalue weighted by atomic mass is 10.2. The summed E-state index contributed by atoms with van der Waals surface area (Å²) in [6, 6.07) is 9.32. The van der Waals surface area contributed by atoms with Crippen LogP contribution in [0.2, 0.25) is 0 Å². The molecule has 0 aliphatic rings. The Morgan fingerprint density at radius 2 is 1.89 bits per heavy atom. The van der Waals surface area contributed by atoms with Crippen molar-refractivity contribution < 1.29 is 17.9 Å². The fraction of sp³-hybridized carbons (Fsp3) is 0.0769. The Bertz CT molecular complexity index is 714. The number of aromatic hydroxyl groups is 1. The molecule has 0 saturated carbocycles. The van der Waals surface area contributed by atoms with Crippen LogP contribution in [0.15, 0.2) is 47.4 Å². The summed E-state index contributed by atoms with van der Waals surface area (Å²) in [5.74, 6) is -0.975. The first-order chi connectivity index (χ1) is 8.88. The normalized spacial score (nSPS) is 11.3. The molecule has 0 fully saturated rings. The average molecular weight is 281 g/mol. The Kier molecular flexibility index (Phi) is 3.44. The maximum atomic E-state index is 13.0. The minimum atomic E-state index is -3.85. The van der Waals surface area contributed by atoms with E-state index in [2.05, 4.69) is 4.72 Å². The van der Waals surface area contributed by atoms with Gasteiger partial charge in [-0.05, 0) is 36.8 Å². The van der Waals surface area contributed by atoms with Crippen molar-refractivity contribution in [3.8, 4) is 5.75 Å². The zero-order chi connectivity index (χ0) is 14.0. The Morgan fingerprint density at radius 1 is 1.16 bits per heavy atom. The predicted octanol–water partition coefficient (Wildman–Crippen LogP) is 2.64. The van der Waals surface area contributed by atoms with Crippen molar-refractivity contribution in [1.29, 1.82) is 0 Å². The monoisotopic (exact) mass is 281 g/mol. The van der Waals surface area contributed by atoms with Crippen LogP contribution < -0.4 is 4.72 Å². The lowest BCUT2D eigenvalue weighted by Crippen LogP contribution is -2.13. The summed E-state index contributed by atoms with van der Waals surface area (Å²) in [5.41, 5.74) is 0.591. The summed E-state index contributed by atoms with van der Waals surface area (Å²) in [6.07, 6.45) is 0. The highest BCUT2D eigenvalue weighted by Crippen LogP contribution is 2.26. The minimum absolute atomic E-state index is 0.0520. The fourth-order valence-corrected chi connectivity index (χ4v) is 2.75. The number of benzene rings is 2. The Labute approximate surface area is 110 Å². The molecule has 0 amide bonds. The molecule has 2 aromatic carbocycles. The van der Waals surface area contributed by atoms with Gasteiger partial charge >= 0.3 is 0 Å². The molecule has 100 valence electrons. The van der Waals surface area contributed by atoms with Crippen LogP contribution in [-0.2, 0) is 10.0 Å². The Morgan fingerprint density at radius 3 is 2.58 bits per heavy atom. The number of sulfonamides is 1. The molecule has 6 heteroatoms. The number of hydrogen-bond donors (Lipinski definition) is 2. The predicted molar refractivity (Wildman–Crippen MR) is 70.1 cm³/mol. The van der Waals surface area contributed by atoms with Gasteiger partial charge in [-0.1, -0.05) is 12.1 Å². The van der Waals surface area contributed by atoms with Crippen molar-refractivity contribution in [2.24, 2.45) is 0 Å². The minimum Gasteiger partial charge on any atom is -0.506 e. The Balaban J connectivity index is 2.39. The number of phenols is 1. The molecule has 2 rings (SSSR count). The second-order valence-corrected chi connectivity index (χ2v) is 5.77. The third kappa shape index (κ3) is 3.03. The van der Waals surface area contributed by atoms with Gasteiger partial charge in [0, 0.05) is 6.07 Å². The van der Waals surface area contributed by atoms with E-state index in [9.17, 15) is 17.9 Å². The SMILES string of the molecule is Cc1cccc(S(=O)(=O)Nc2cc(F)ccc2O)c1. The third-order valence-electron chi connectivity index (χ3n) is 2.50. The van der Waals surface area contributed by atoms with Gasteiger partial charge in [0.2, 0.25) is 0 Å². The maximum Gasteiger partial charge on any atom is 0.262 e. The van der Waals surface area contributed by atoms with Gasteiger partial charge in [0.05, 0.1) is 10.6 Å². The lowest BCUT2D eigenvalue weighted by Gasteiger charge is -2.10. The molecule has 19 heavy (non-hydrogen) atoms. The molecule has 0 atom stereocenters. The molecule has 0 radical (unpaired) electrons. The smallest absolute Gasteiger partial charge is 0.262 e. The van der Waals surface area contributed by atoms with Crippen molar-refractivity contribution in [2.75, 3.05) is 4.72 Å². The highest BCUT2D eigenvalue weighted by Gasteiger charge is 2.16. The number of halogens is 1. The second-order valence-electron chi connectivity index (χ2n) is 4.08. The van der Waals surface area contributed by atoms with Crippen molar-refractivity contribution in [3.05, 3.63) is 53.8 Å². The average Bonchev–Trinajstić information content (AvgIpc) is 2.33. The molecule has 2 N–H and O–H groups in total. The van der Waals surface area contributed by atoms with Crippen LogP contribution in [0.25, 0.3) is 0 Å². The van der Waals surface area contributed by atoms with Gasteiger partial charge in [0.1, 0.15) is 11.6 Å². The summed E-state index contributed by atoms with van der Waals surface area (Å²) in [6.45, 7) is 1.76. The van der Waals surface area contributed by atoms with E-state index in [1.54, 1.807) is 19.1 Å². The first kappa shape index (κ1) is 13.4. The number of rotatable bonds is 3. The molecular formula is C13H12FNO3S. The summed E-state index contributed by atoms with van der Waals surface area (Å²) in [5, 5.41) is 9.51. The van der Waals surface area contributed by atoms with Gasteiger partial charge in [0.25, 0.3) is 10.0 Å². The lowest BCUT2D eigenvalue weighted by molar-refractivity contribution is 0.475. The highest BCUT2D eigenvalue weighted by atomic mass is 32.2. The van der Waals surface area contributed by atoms with Crippen molar-refractivity contribution >= 4 is 15.7 Å². The standard InChI is InChI=1S/C13H12FNO3S/c1-9-3-2-4-11(7-9)19(17,18)15-12-8-10(14)5-6-13(12)16/h2-8,15-16H,1H3. The zero-order valence-corrected chi connectivity index (χ0v) is 10.9. The van der Waals surface area contributed by atoms with Crippen molar-refractivity contribution in [2.45, 2.75) is 11.8 Å². The van der Waals surface area contributed by atoms with Gasteiger partial charge in [-0.25, -0.2) is 12.8 Å². The van der Waals surface area contributed by atoms with Crippen LogP contribution in [0.5, 0.6) is 5.75 Å². The second kappa shape index (κ2) is 4.89. The number of anilines is 1. The van der Waals surface area contributed by atoms with Gasteiger partial charge < -0.3 is 5.11 Å². The van der Waals surface area contributed by atoms with Crippen LogP contribution in [0.3, 0.4) is 0 Å². The molecule has 0 saturated heterocycles. The van der Waals surface area contributed by atoms with E-state index in [1.807, 2.05) is 0 Å². The van der Waals surface area contributed by atoms with E-state index >= 15 is 0 Å². The van der Waals surface area contributed by atoms with Crippen LogP contribution in [-0.4, -0.2) is 13.5 Å². The van der Waals surface area contributed by atoms with Gasteiger partial charge in [0.15, 0.2) is 0 Å². The largest absolute Gasteiger partial charge is 0.506 e. The van der Waals surface area contributed by atoms with E-state index < -0.39 is 15.8 Å². The van der Waals surface area contributed by atoms with E-state index in [4.69, 9.17) is 0 Å². The Hall–Kier alpha value is -2.08. The molecule has 4 nitrogen and oxygen atoms in total. The molecule has 0 aromatic heterocycles. The summed E-state index contributed by atoms with van der Waals surface area (Å²) < 4.78 is 39.3. The van der Waals surface area contributed by atoms with E-state index in [0.29, 0.717) is 0 Å². The van der Waals surface area contributed by atoms with Crippen LogP contribution in [0.1, 0.15) is 5.56 Å². The molecule has 2 aromatic rings. The van der Waals surface area contributed by atoms with Crippen molar-refractivity contribution in [1.82, 2.24) is 0 Å². The summed E-state index contributed by atoms with van der Waals surface area (Å²) in [4.78, 5) is 0.0520. The first-order valence-corrected chi connectivity index (χ1v) is 6.95. The fourth-order valence-electron chi connectivity index (χ4n) is 1.58. The number of hydrogen-bond acceptors (Lipinski definition) is 3. The maximum absolute atomic E-state index is 13.0. The molecule has 0 unspecified atom stereocenters. The summed E-state index contributed by atoms with van der Waals surface area (Å²) >= 11 is 0. The van der Waals surface area contributed by atoms with Crippen molar-refractivity contribution in [3.63, 3.8) is 0 Å². The van der Waals surface area contributed by atoms with Crippen LogP contribution in [0, 0.1) is 12.7 Å². The third-order valence-corrected chi connectivity index (χ3v) is 3.87. The molecule has 0 heterocycles. The van der Waals surface area contributed by atoms with Crippen LogP contribution >= 0.6 is 0 Å². The van der Waals surface area contributed by atoms with E-state index in [1.165, 1.54) is 12.1 Å². The first-order valence-electron chi connectivity index (χ1n) is 5.46. The van der Waals surface area contributed by atoms with Gasteiger partial charge in [-0.2, -0.15) is 0 Å². The van der Waals surface area contributed by atoms with Gasteiger partial charge in [-0.15, -0.1) is 0 Å². The van der Waals surface area contributed by atoms with E-state index in [0.717, 1.165) is 23.8 Å². The molecular weight excluding hydrogens is 269 g/mol. The zero-order valence-electron chi connectivity index (χ0n) is 10.1. The molecule has 0 bridgehead atoms. The van der Waals surface area contributed by atoms with E-state index in [-0.39, 0.29) is 16.3 Å². The number of phenolic OH excluding ortho intramolecular Hbond substituents is 1. The quantitative estimate of drug-likeness (QED) is 0.850. The highest BCUT2D eigenvalue weighted by molar-refractivity contribution is 7.92. The topological polar surface area (TPSA) is 66.4 Å². The molecule has 0 aliphatic heterocycles. The summed E-state index contributed by atoms with van der Waals surface area (Å²) in [7, 11) is -3.85. The molecule has 0 spiro atoms. The van der Waals surface area contributed by atoms with Crippen LogP contribution in [0.4, 0.5) is 10.1 Å². The molecule has 0 aliphatic carbocycles. The number of aryl methyl sites for hydroxylation is 1.